The van der Waals surface area contributed by atoms with Crippen molar-refractivity contribution >= 4 is 11.6 Å². The van der Waals surface area contributed by atoms with E-state index >= 15 is 0 Å². The highest BCUT2D eigenvalue weighted by atomic mass is 35.5. The molecule has 0 aliphatic rings. The van der Waals surface area contributed by atoms with Crippen LogP contribution in [0.3, 0.4) is 0 Å². The number of aromatic nitrogens is 2. The van der Waals surface area contributed by atoms with E-state index in [4.69, 9.17) is 16.3 Å². The molecule has 0 bridgehead atoms. The molecule has 1 heterocycles. The molecule has 1 aromatic heterocycles. The molecule has 0 aliphatic heterocycles. The number of halogens is 1. The van der Waals surface area contributed by atoms with Gasteiger partial charge in [0.15, 0.2) is 0 Å². The predicted molar refractivity (Wildman–Crippen MR) is 57.0 cm³/mol. The van der Waals surface area contributed by atoms with Crippen LogP contribution in [0.15, 0.2) is 6.33 Å². The highest BCUT2D eigenvalue weighted by Gasteiger charge is 2.10. The van der Waals surface area contributed by atoms with E-state index < -0.39 is 0 Å². The van der Waals surface area contributed by atoms with Crippen LogP contribution in [0.5, 0.6) is 5.88 Å². The van der Waals surface area contributed by atoms with Crippen molar-refractivity contribution < 1.29 is 4.74 Å². The van der Waals surface area contributed by atoms with E-state index in [1.807, 2.05) is 6.92 Å². The van der Waals surface area contributed by atoms with Gasteiger partial charge in [0.2, 0.25) is 5.88 Å². The van der Waals surface area contributed by atoms with Crippen molar-refractivity contribution in [3.63, 3.8) is 0 Å². The fourth-order valence-electron chi connectivity index (χ4n) is 1.23. The largest absolute Gasteiger partial charge is 0.481 e. The number of hydrogen-bond acceptors (Lipinski definition) is 3. The van der Waals surface area contributed by atoms with Gasteiger partial charge in [0, 0.05) is 17.4 Å². The molecule has 0 amide bonds. The Balaban J connectivity index is 2.86. The highest BCUT2D eigenvalue weighted by molar-refractivity contribution is 6.20. The van der Waals surface area contributed by atoms with Crippen LogP contribution in [0.25, 0.3) is 0 Å². The molecule has 0 aliphatic carbocycles. The third kappa shape index (κ3) is 2.58. The molecule has 78 valence electrons. The molecule has 1 unspecified atom stereocenters. The van der Waals surface area contributed by atoms with Gasteiger partial charge in [-0.3, -0.25) is 0 Å². The summed E-state index contributed by atoms with van der Waals surface area (Å²) in [7, 11) is 1.61. The first-order valence-corrected chi connectivity index (χ1v) is 5.11. The van der Waals surface area contributed by atoms with E-state index in [-0.39, 0.29) is 5.38 Å². The smallest absolute Gasteiger partial charge is 0.219 e. The lowest BCUT2D eigenvalue weighted by atomic mass is 10.1. The SMILES string of the molecule is CCC(Cl)Cc1ncnc(OC)c1C. The fourth-order valence-corrected chi connectivity index (χ4v) is 1.38. The lowest BCUT2D eigenvalue weighted by molar-refractivity contribution is 0.392. The molecule has 1 atom stereocenters. The number of methoxy groups -OCH3 is 1. The molecule has 1 rings (SSSR count). The van der Waals surface area contributed by atoms with E-state index in [1.165, 1.54) is 6.33 Å². The van der Waals surface area contributed by atoms with Gasteiger partial charge in [-0.1, -0.05) is 6.92 Å². The first-order valence-electron chi connectivity index (χ1n) is 4.67. The monoisotopic (exact) mass is 214 g/mol. The van der Waals surface area contributed by atoms with Crippen molar-refractivity contribution in [3.8, 4) is 5.88 Å². The van der Waals surface area contributed by atoms with Crippen LogP contribution in [0, 0.1) is 6.92 Å². The Morgan fingerprint density at radius 3 is 2.79 bits per heavy atom. The molecule has 14 heavy (non-hydrogen) atoms. The molecule has 0 aromatic carbocycles. The molecular weight excluding hydrogens is 200 g/mol. The van der Waals surface area contributed by atoms with Crippen molar-refractivity contribution in [1.29, 1.82) is 0 Å². The quantitative estimate of drug-likeness (QED) is 0.722. The minimum absolute atomic E-state index is 0.133. The van der Waals surface area contributed by atoms with Crippen molar-refractivity contribution in [2.45, 2.75) is 32.1 Å². The van der Waals surface area contributed by atoms with Crippen LogP contribution >= 0.6 is 11.6 Å². The summed E-state index contributed by atoms with van der Waals surface area (Å²) in [4.78, 5) is 8.21. The van der Waals surface area contributed by atoms with E-state index in [9.17, 15) is 0 Å². The van der Waals surface area contributed by atoms with Crippen LogP contribution in [0.2, 0.25) is 0 Å². The van der Waals surface area contributed by atoms with Crippen molar-refractivity contribution in [2.24, 2.45) is 0 Å². The summed E-state index contributed by atoms with van der Waals surface area (Å²) in [5, 5.41) is 0.133. The van der Waals surface area contributed by atoms with Crippen LogP contribution in [-0.4, -0.2) is 22.5 Å². The van der Waals surface area contributed by atoms with Gasteiger partial charge >= 0.3 is 0 Å². The van der Waals surface area contributed by atoms with E-state index in [0.29, 0.717) is 5.88 Å². The maximum Gasteiger partial charge on any atom is 0.219 e. The molecule has 0 saturated heterocycles. The van der Waals surface area contributed by atoms with Gasteiger partial charge < -0.3 is 4.74 Å². The minimum Gasteiger partial charge on any atom is -0.481 e. The number of nitrogens with zero attached hydrogens (tertiary/aromatic N) is 2. The molecule has 0 spiro atoms. The Morgan fingerprint density at radius 2 is 2.21 bits per heavy atom. The second-order valence-electron chi connectivity index (χ2n) is 3.16. The van der Waals surface area contributed by atoms with Crippen LogP contribution < -0.4 is 4.74 Å². The van der Waals surface area contributed by atoms with Crippen LogP contribution in [-0.2, 0) is 6.42 Å². The summed E-state index contributed by atoms with van der Waals surface area (Å²) >= 11 is 6.07. The molecule has 4 heteroatoms. The molecule has 0 saturated carbocycles. The van der Waals surface area contributed by atoms with Crippen molar-refractivity contribution in [3.05, 3.63) is 17.6 Å². The summed E-state index contributed by atoms with van der Waals surface area (Å²) < 4.78 is 5.11. The van der Waals surface area contributed by atoms with Crippen molar-refractivity contribution in [2.75, 3.05) is 7.11 Å². The molecule has 0 radical (unpaired) electrons. The first-order chi connectivity index (χ1) is 6.69. The Morgan fingerprint density at radius 1 is 1.50 bits per heavy atom. The topological polar surface area (TPSA) is 35.0 Å². The predicted octanol–water partition coefficient (Wildman–Crippen LogP) is 2.35. The molecule has 0 fully saturated rings. The molecule has 3 nitrogen and oxygen atoms in total. The number of alkyl halides is 1. The van der Waals surface area contributed by atoms with Gasteiger partial charge in [-0.05, 0) is 13.3 Å². The van der Waals surface area contributed by atoms with Gasteiger partial charge in [0.05, 0.1) is 12.8 Å². The third-order valence-corrected chi connectivity index (χ3v) is 2.66. The zero-order valence-electron chi connectivity index (χ0n) is 8.75. The standard InChI is InChI=1S/C10H15ClN2O/c1-4-8(11)5-9-7(2)10(14-3)13-6-12-9/h6,8H,4-5H2,1-3H3. The van der Waals surface area contributed by atoms with Gasteiger partial charge in [0.25, 0.3) is 0 Å². The Kier molecular flexibility index (Phi) is 4.14. The number of ether oxygens (including phenoxy) is 1. The summed E-state index contributed by atoms with van der Waals surface area (Å²) in [6.45, 7) is 4.01. The summed E-state index contributed by atoms with van der Waals surface area (Å²) in [5.41, 5.74) is 1.95. The summed E-state index contributed by atoms with van der Waals surface area (Å²) in [5.74, 6) is 0.634. The zero-order chi connectivity index (χ0) is 10.6. The number of hydrogen-bond donors (Lipinski definition) is 0. The Bertz CT molecular complexity index is 304. The second kappa shape index (κ2) is 5.15. The van der Waals surface area contributed by atoms with Gasteiger partial charge in [-0.15, -0.1) is 11.6 Å². The average Bonchev–Trinajstić information content (AvgIpc) is 2.21. The Hall–Kier alpha value is -0.830. The van der Waals surface area contributed by atoms with Gasteiger partial charge in [0.1, 0.15) is 6.33 Å². The Labute approximate surface area is 89.5 Å². The lowest BCUT2D eigenvalue weighted by Crippen LogP contribution is -2.07. The fraction of sp³-hybridized carbons (Fsp3) is 0.600. The van der Waals surface area contributed by atoms with Crippen LogP contribution in [0.1, 0.15) is 24.6 Å². The molecule has 1 aromatic rings. The number of rotatable bonds is 4. The van der Waals surface area contributed by atoms with Crippen LogP contribution in [0.4, 0.5) is 0 Å². The highest BCUT2D eigenvalue weighted by Crippen LogP contribution is 2.18. The third-order valence-electron chi connectivity index (χ3n) is 2.19. The lowest BCUT2D eigenvalue weighted by Gasteiger charge is -2.10. The van der Waals surface area contributed by atoms with Gasteiger partial charge in [-0.2, -0.15) is 0 Å². The second-order valence-corrected chi connectivity index (χ2v) is 3.78. The minimum atomic E-state index is 0.133. The van der Waals surface area contributed by atoms with Crippen molar-refractivity contribution in [1.82, 2.24) is 9.97 Å². The first kappa shape index (κ1) is 11.2. The maximum atomic E-state index is 6.07. The maximum absolute atomic E-state index is 6.07. The average molecular weight is 215 g/mol. The summed E-state index contributed by atoms with van der Waals surface area (Å²) in [6.07, 6.45) is 3.22. The summed E-state index contributed by atoms with van der Waals surface area (Å²) in [6, 6.07) is 0. The van der Waals surface area contributed by atoms with E-state index in [0.717, 1.165) is 24.1 Å². The normalized spacial score (nSPS) is 12.6. The van der Waals surface area contributed by atoms with Gasteiger partial charge in [-0.25, -0.2) is 9.97 Å². The van der Waals surface area contributed by atoms with E-state index in [2.05, 4.69) is 16.9 Å². The zero-order valence-corrected chi connectivity index (χ0v) is 9.51. The molecular formula is C10H15ClN2O. The van der Waals surface area contributed by atoms with E-state index in [1.54, 1.807) is 7.11 Å². The molecule has 0 N–H and O–H groups in total.